The number of hydrogen-bond donors (Lipinski definition) is 0. The summed E-state index contributed by atoms with van der Waals surface area (Å²) in [6.07, 6.45) is 0. The highest BCUT2D eigenvalue weighted by Crippen LogP contribution is 2.16. The summed E-state index contributed by atoms with van der Waals surface area (Å²) in [6.45, 7) is 0.274. The Hall–Kier alpha value is -1.82. The molecule has 0 saturated heterocycles. The zero-order valence-corrected chi connectivity index (χ0v) is 11.1. The first kappa shape index (κ1) is 12.6. The SMILES string of the molecule is COC(=O)c1ccc(OCc2cc(Br)no2)cc1. The van der Waals surface area contributed by atoms with Crippen molar-refractivity contribution in [3.05, 3.63) is 46.3 Å². The molecule has 1 aromatic carbocycles. The van der Waals surface area contributed by atoms with Gasteiger partial charge in [0, 0.05) is 6.07 Å². The molecule has 0 amide bonds. The van der Waals surface area contributed by atoms with Crippen molar-refractivity contribution >= 4 is 21.9 Å². The molecule has 0 N–H and O–H groups in total. The van der Waals surface area contributed by atoms with Crippen LogP contribution in [0.1, 0.15) is 16.1 Å². The molecule has 0 atom stereocenters. The van der Waals surface area contributed by atoms with Gasteiger partial charge < -0.3 is 14.0 Å². The minimum atomic E-state index is -0.374. The van der Waals surface area contributed by atoms with Crippen molar-refractivity contribution in [2.45, 2.75) is 6.61 Å². The van der Waals surface area contributed by atoms with Crippen LogP contribution >= 0.6 is 15.9 Å². The van der Waals surface area contributed by atoms with Crippen LogP contribution in [-0.2, 0) is 11.3 Å². The molecule has 1 heterocycles. The fraction of sp³-hybridized carbons (Fsp3) is 0.167. The molecule has 0 bridgehead atoms. The van der Waals surface area contributed by atoms with Crippen molar-refractivity contribution < 1.29 is 18.8 Å². The third kappa shape index (κ3) is 3.10. The van der Waals surface area contributed by atoms with Crippen LogP contribution in [-0.4, -0.2) is 18.2 Å². The topological polar surface area (TPSA) is 61.6 Å². The van der Waals surface area contributed by atoms with E-state index in [0.717, 1.165) is 0 Å². The Kier molecular flexibility index (Phi) is 3.99. The molecule has 0 saturated carbocycles. The van der Waals surface area contributed by atoms with E-state index < -0.39 is 0 Å². The molecule has 0 unspecified atom stereocenters. The zero-order chi connectivity index (χ0) is 13.0. The number of rotatable bonds is 4. The summed E-state index contributed by atoms with van der Waals surface area (Å²) in [5.74, 6) is 0.870. The number of methoxy groups -OCH3 is 1. The normalized spacial score (nSPS) is 10.1. The molecule has 2 rings (SSSR count). The maximum Gasteiger partial charge on any atom is 0.337 e. The summed E-state index contributed by atoms with van der Waals surface area (Å²) in [5, 5.41) is 3.68. The molecule has 2 aromatic rings. The number of esters is 1. The summed E-state index contributed by atoms with van der Waals surface area (Å²) in [6, 6.07) is 8.38. The van der Waals surface area contributed by atoms with Gasteiger partial charge in [-0.15, -0.1) is 0 Å². The fourth-order valence-corrected chi connectivity index (χ4v) is 1.64. The van der Waals surface area contributed by atoms with E-state index in [4.69, 9.17) is 9.26 Å². The monoisotopic (exact) mass is 311 g/mol. The Labute approximate surface area is 112 Å². The molecule has 0 aliphatic rings. The number of halogens is 1. The minimum Gasteiger partial charge on any atom is -0.486 e. The van der Waals surface area contributed by atoms with E-state index >= 15 is 0 Å². The Balaban J connectivity index is 1.96. The van der Waals surface area contributed by atoms with Gasteiger partial charge in [0.05, 0.1) is 12.7 Å². The highest BCUT2D eigenvalue weighted by molar-refractivity contribution is 9.10. The summed E-state index contributed by atoms with van der Waals surface area (Å²) < 4.78 is 15.7. The fourth-order valence-electron chi connectivity index (χ4n) is 1.32. The van der Waals surface area contributed by atoms with E-state index in [1.54, 1.807) is 30.3 Å². The molecule has 6 heteroatoms. The number of hydrogen-bond acceptors (Lipinski definition) is 5. The average Bonchev–Trinajstić information content (AvgIpc) is 2.82. The average molecular weight is 312 g/mol. The highest BCUT2D eigenvalue weighted by Gasteiger charge is 2.06. The van der Waals surface area contributed by atoms with Crippen LogP contribution in [0.2, 0.25) is 0 Å². The molecule has 5 nitrogen and oxygen atoms in total. The van der Waals surface area contributed by atoms with Crippen molar-refractivity contribution in [3.63, 3.8) is 0 Å². The van der Waals surface area contributed by atoms with E-state index in [1.165, 1.54) is 7.11 Å². The number of nitrogens with zero attached hydrogens (tertiary/aromatic N) is 1. The van der Waals surface area contributed by atoms with Gasteiger partial charge in [0.25, 0.3) is 0 Å². The van der Waals surface area contributed by atoms with Crippen LogP contribution in [0.5, 0.6) is 5.75 Å². The Morgan fingerprint density at radius 2 is 2.11 bits per heavy atom. The summed E-state index contributed by atoms with van der Waals surface area (Å²) in [7, 11) is 1.34. The van der Waals surface area contributed by atoms with Crippen LogP contribution in [0.4, 0.5) is 0 Å². The maximum absolute atomic E-state index is 11.2. The summed E-state index contributed by atoms with van der Waals surface area (Å²) in [5.41, 5.74) is 0.479. The Morgan fingerprint density at radius 1 is 1.39 bits per heavy atom. The lowest BCUT2D eigenvalue weighted by molar-refractivity contribution is 0.0600. The first-order valence-electron chi connectivity index (χ1n) is 5.11. The van der Waals surface area contributed by atoms with Crippen LogP contribution in [0.3, 0.4) is 0 Å². The third-order valence-electron chi connectivity index (χ3n) is 2.19. The molecule has 0 spiro atoms. The lowest BCUT2D eigenvalue weighted by Gasteiger charge is -2.04. The standard InChI is InChI=1S/C12H10BrNO4/c1-16-12(15)8-2-4-9(5-3-8)17-7-10-6-11(13)14-18-10/h2-6H,7H2,1H3. The molecule has 18 heavy (non-hydrogen) atoms. The number of carbonyl (C=O) groups excluding carboxylic acids is 1. The molecule has 0 aliphatic carbocycles. The minimum absolute atomic E-state index is 0.274. The number of benzene rings is 1. The predicted octanol–water partition coefficient (Wildman–Crippen LogP) is 2.80. The molecule has 94 valence electrons. The van der Waals surface area contributed by atoms with Gasteiger partial charge in [0.15, 0.2) is 5.76 Å². The van der Waals surface area contributed by atoms with Gasteiger partial charge in [-0.1, -0.05) is 5.16 Å². The molecule has 1 aromatic heterocycles. The van der Waals surface area contributed by atoms with Crippen LogP contribution in [0.25, 0.3) is 0 Å². The molecular formula is C12H10BrNO4. The Bertz CT molecular complexity index is 535. The van der Waals surface area contributed by atoms with Crippen molar-refractivity contribution in [1.29, 1.82) is 0 Å². The second kappa shape index (κ2) is 5.68. The van der Waals surface area contributed by atoms with Gasteiger partial charge in [0.1, 0.15) is 17.0 Å². The number of ether oxygens (including phenoxy) is 2. The van der Waals surface area contributed by atoms with Crippen molar-refractivity contribution in [2.75, 3.05) is 7.11 Å². The first-order valence-corrected chi connectivity index (χ1v) is 5.90. The maximum atomic E-state index is 11.2. The summed E-state index contributed by atoms with van der Waals surface area (Å²) in [4.78, 5) is 11.2. The third-order valence-corrected chi connectivity index (χ3v) is 2.56. The lowest BCUT2D eigenvalue weighted by atomic mass is 10.2. The molecule has 0 fully saturated rings. The van der Waals surface area contributed by atoms with Gasteiger partial charge in [-0.25, -0.2) is 4.79 Å². The quantitative estimate of drug-likeness (QED) is 0.812. The van der Waals surface area contributed by atoms with E-state index in [9.17, 15) is 4.79 Å². The first-order chi connectivity index (χ1) is 8.69. The predicted molar refractivity (Wildman–Crippen MR) is 66.3 cm³/mol. The smallest absolute Gasteiger partial charge is 0.337 e. The summed E-state index contributed by atoms with van der Waals surface area (Å²) >= 11 is 3.18. The van der Waals surface area contributed by atoms with Gasteiger partial charge >= 0.3 is 5.97 Å². The zero-order valence-electron chi connectivity index (χ0n) is 9.55. The van der Waals surface area contributed by atoms with Gasteiger partial charge in [-0.3, -0.25) is 0 Å². The van der Waals surface area contributed by atoms with E-state index in [0.29, 0.717) is 21.7 Å². The van der Waals surface area contributed by atoms with Crippen molar-refractivity contribution in [2.24, 2.45) is 0 Å². The molecule has 0 radical (unpaired) electrons. The van der Waals surface area contributed by atoms with E-state index in [-0.39, 0.29) is 12.6 Å². The van der Waals surface area contributed by atoms with E-state index in [2.05, 4.69) is 25.8 Å². The second-order valence-electron chi connectivity index (χ2n) is 3.42. The van der Waals surface area contributed by atoms with Crippen LogP contribution < -0.4 is 4.74 Å². The van der Waals surface area contributed by atoms with Crippen LogP contribution in [0.15, 0.2) is 39.5 Å². The highest BCUT2D eigenvalue weighted by atomic mass is 79.9. The van der Waals surface area contributed by atoms with Gasteiger partial charge in [-0.2, -0.15) is 0 Å². The van der Waals surface area contributed by atoms with Crippen molar-refractivity contribution in [3.8, 4) is 5.75 Å². The van der Waals surface area contributed by atoms with Gasteiger partial charge in [0.2, 0.25) is 0 Å². The molecule has 0 aliphatic heterocycles. The number of aromatic nitrogens is 1. The van der Waals surface area contributed by atoms with E-state index in [1.807, 2.05) is 0 Å². The van der Waals surface area contributed by atoms with Crippen LogP contribution in [0, 0.1) is 0 Å². The van der Waals surface area contributed by atoms with Gasteiger partial charge in [-0.05, 0) is 40.2 Å². The second-order valence-corrected chi connectivity index (χ2v) is 4.23. The number of carbonyl (C=O) groups is 1. The lowest BCUT2D eigenvalue weighted by Crippen LogP contribution is -2.01. The largest absolute Gasteiger partial charge is 0.486 e. The van der Waals surface area contributed by atoms with Crippen molar-refractivity contribution in [1.82, 2.24) is 5.16 Å². The molecular weight excluding hydrogens is 302 g/mol. The Morgan fingerprint density at radius 3 is 2.67 bits per heavy atom.